The van der Waals surface area contributed by atoms with Crippen LogP contribution in [0.5, 0.6) is 5.75 Å². The largest absolute Gasteiger partial charge is 0.491 e. The molecule has 1 amide bonds. The highest BCUT2D eigenvalue weighted by atomic mass is 19.1. The van der Waals surface area contributed by atoms with Crippen molar-refractivity contribution in [1.82, 2.24) is 10.3 Å². The lowest BCUT2D eigenvalue weighted by molar-refractivity contribution is 0.0950. The van der Waals surface area contributed by atoms with Gasteiger partial charge in [0.25, 0.3) is 5.91 Å². The molecule has 6 heteroatoms. The van der Waals surface area contributed by atoms with Crippen LogP contribution in [0.25, 0.3) is 10.9 Å². The monoisotopic (exact) mass is 391 g/mol. The molecular weight excluding hydrogens is 369 g/mol. The number of unbranched alkanes of at least 4 members (excludes halogenated alkanes) is 3. The van der Waals surface area contributed by atoms with Gasteiger partial charge in [0, 0.05) is 35.7 Å². The minimum absolute atomic E-state index is 0.0646. The van der Waals surface area contributed by atoms with Gasteiger partial charge in [0.1, 0.15) is 0 Å². The van der Waals surface area contributed by atoms with Gasteiger partial charge < -0.3 is 10.1 Å². The average molecular weight is 391 g/mol. The zero-order valence-electron chi connectivity index (χ0n) is 16.0. The molecule has 2 aromatic carbocycles. The quantitative estimate of drug-likeness (QED) is 0.533. The second-order valence-corrected chi connectivity index (χ2v) is 6.64. The molecule has 0 unspecified atom stereocenters. The first-order valence-corrected chi connectivity index (χ1v) is 9.59. The van der Waals surface area contributed by atoms with Gasteiger partial charge in [-0.05, 0) is 49.6 Å². The van der Waals surface area contributed by atoms with Crippen LogP contribution in [-0.2, 0) is 6.54 Å². The number of fused-ring (bicyclic) bond motifs is 1. The Labute approximate surface area is 169 Å². The van der Waals surface area contributed by atoms with Crippen molar-refractivity contribution in [3.8, 4) is 11.8 Å². The maximum Gasteiger partial charge on any atom is 0.251 e. The van der Waals surface area contributed by atoms with Crippen molar-refractivity contribution in [3.63, 3.8) is 0 Å². The summed E-state index contributed by atoms with van der Waals surface area (Å²) >= 11 is 0. The number of aromatic nitrogens is 1. The Kier molecular flexibility index (Phi) is 7.12. The number of ether oxygens (including phenoxy) is 1. The molecule has 5 nitrogen and oxygen atoms in total. The summed E-state index contributed by atoms with van der Waals surface area (Å²) in [6.45, 7) is 0.457. The predicted molar refractivity (Wildman–Crippen MR) is 109 cm³/mol. The van der Waals surface area contributed by atoms with Crippen molar-refractivity contribution in [1.29, 1.82) is 5.26 Å². The second kappa shape index (κ2) is 10.2. The molecule has 0 saturated carbocycles. The lowest BCUT2D eigenvalue weighted by atomic mass is 10.1. The number of benzene rings is 2. The number of carbonyl (C=O) groups excluding carboxylic acids is 1. The predicted octanol–water partition coefficient (Wildman–Crippen LogP) is 4.77. The Morgan fingerprint density at radius 1 is 1.14 bits per heavy atom. The Bertz CT molecular complexity index is 1030. The van der Waals surface area contributed by atoms with Crippen LogP contribution in [0.2, 0.25) is 0 Å². The van der Waals surface area contributed by atoms with Crippen LogP contribution in [0.15, 0.2) is 54.7 Å². The standard InChI is InChI=1S/C23H22FN3O2/c24-22-19(7-5-9-21(22)29-14-4-2-1-3-12-25)16-27-23(28)18-10-11-20-17(15-18)8-6-13-26-20/h5-11,13,15H,1-4,14,16H2,(H,27,28). The second-order valence-electron chi connectivity index (χ2n) is 6.64. The first kappa shape index (κ1) is 20.3. The molecule has 0 atom stereocenters. The molecule has 29 heavy (non-hydrogen) atoms. The maximum absolute atomic E-state index is 14.6. The molecule has 1 heterocycles. The van der Waals surface area contributed by atoms with E-state index in [4.69, 9.17) is 10.00 Å². The fourth-order valence-corrected chi connectivity index (χ4v) is 2.96. The van der Waals surface area contributed by atoms with Crippen molar-refractivity contribution in [2.45, 2.75) is 32.2 Å². The Morgan fingerprint density at radius 3 is 2.90 bits per heavy atom. The molecule has 3 aromatic rings. The van der Waals surface area contributed by atoms with E-state index >= 15 is 0 Å². The van der Waals surface area contributed by atoms with E-state index in [1.165, 1.54) is 0 Å². The summed E-state index contributed by atoms with van der Waals surface area (Å²) in [5.74, 6) is -0.569. The molecule has 1 aromatic heterocycles. The highest BCUT2D eigenvalue weighted by molar-refractivity contribution is 5.97. The van der Waals surface area contributed by atoms with Crippen LogP contribution in [0.3, 0.4) is 0 Å². The minimum Gasteiger partial charge on any atom is -0.491 e. The fourth-order valence-electron chi connectivity index (χ4n) is 2.96. The van der Waals surface area contributed by atoms with Crippen molar-refractivity contribution in [3.05, 3.63) is 71.7 Å². The van der Waals surface area contributed by atoms with Gasteiger partial charge in [-0.3, -0.25) is 9.78 Å². The molecule has 148 valence electrons. The number of rotatable bonds is 9. The Hall–Kier alpha value is -3.46. The third kappa shape index (κ3) is 5.52. The third-order valence-corrected chi connectivity index (χ3v) is 4.54. The normalized spacial score (nSPS) is 10.5. The number of carbonyl (C=O) groups is 1. The number of nitrogens with zero attached hydrogens (tertiary/aromatic N) is 2. The van der Waals surface area contributed by atoms with Gasteiger partial charge in [-0.25, -0.2) is 4.39 Å². The van der Waals surface area contributed by atoms with Gasteiger partial charge in [-0.2, -0.15) is 5.26 Å². The Balaban J connectivity index is 1.57. The fraction of sp³-hybridized carbons (Fsp3) is 0.261. The maximum atomic E-state index is 14.6. The molecule has 3 rings (SSSR count). The molecular formula is C23H22FN3O2. The van der Waals surface area contributed by atoms with E-state index in [0.717, 1.165) is 30.2 Å². The SMILES string of the molecule is N#CCCCCCOc1cccc(CNC(=O)c2ccc3ncccc3c2)c1F. The van der Waals surface area contributed by atoms with Crippen molar-refractivity contribution in [2.75, 3.05) is 6.61 Å². The molecule has 0 spiro atoms. The first-order valence-electron chi connectivity index (χ1n) is 9.59. The highest BCUT2D eigenvalue weighted by Crippen LogP contribution is 2.21. The number of amides is 1. The summed E-state index contributed by atoms with van der Waals surface area (Å²) in [7, 11) is 0. The zero-order chi connectivity index (χ0) is 20.5. The average Bonchev–Trinajstić information content (AvgIpc) is 2.75. The number of hydrogen-bond donors (Lipinski definition) is 1. The van der Waals surface area contributed by atoms with E-state index in [1.807, 2.05) is 12.1 Å². The zero-order valence-corrected chi connectivity index (χ0v) is 16.0. The molecule has 0 saturated heterocycles. The third-order valence-electron chi connectivity index (χ3n) is 4.54. The summed E-state index contributed by atoms with van der Waals surface area (Å²) in [6.07, 6.45) is 4.67. The molecule has 0 aliphatic heterocycles. The summed E-state index contributed by atoms with van der Waals surface area (Å²) < 4.78 is 20.2. The molecule has 0 fully saturated rings. The minimum atomic E-state index is -0.465. The number of nitrogens with one attached hydrogen (secondary N) is 1. The van der Waals surface area contributed by atoms with Crippen LogP contribution < -0.4 is 10.1 Å². The van der Waals surface area contributed by atoms with E-state index in [9.17, 15) is 9.18 Å². The van der Waals surface area contributed by atoms with Crippen LogP contribution >= 0.6 is 0 Å². The molecule has 0 bridgehead atoms. The summed E-state index contributed by atoms with van der Waals surface area (Å²) in [5, 5.41) is 12.1. The molecule has 1 N–H and O–H groups in total. The highest BCUT2D eigenvalue weighted by Gasteiger charge is 2.12. The lowest BCUT2D eigenvalue weighted by Crippen LogP contribution is -2.23. The van der Waals surface area contributed by atoms with E-state index in [-0.39, 0.29) is 18.2 Å². The van der Waals surface area contributed by atoms with Gasteiger partial charge in [0.2, 0.25) is 0 Å². The van der Waals surface area contributed by atoms with Gasteiger partial charge in [0.15, 0.2) is 11.6 Å². The molecule has 0 aliphatic rings. The van der Waals surface area contributed by atoms with Gasteiger partial charge in [-0.15, -0.1) is 0 Å². The van der Waals surface area contributed by atoms with E-state index in [2.05, 4.69) is 16.4 Å². The van der Waals surface area contributed by atoms with Gasteiger partial charge in [-0.1, -0.05) is 18.2 Å². The van der Waals surface area contributed by atoms with Crippen molar-refractivity contribution in [2.24, 2.45) is 0 Å². The topological polar surface area (TPSA) is 75.0 Å². The van der Waals surface area contributed by atoms with Gasteiger partial charge in [0.05, 0.1) is 18.2 Å². The number of hydrogen-bond acceptors (Lipinski definition) is 4. The van der Waals surface area contributed by atoms with Crippen LogP contribution in [0, 0.1) is 17.1 Å². The smallest absolute Gasteiger partial charge is 0.251 e. The number of halogens is 1. The van der Waals surface area contributed by atoms with E-state index < -0.39 is 5.82 Å². The van der Waals surface area contributed by atoms with Gasteiger partial charge >= 0.3 is 0 Å². The first-order chi connectivity index (χ1) is 14.2. The summed E-state index contributed by atoms with van der Waals surface area (Å²) in [4.78, 5) is 16.7. The summed E-state index contributed by atoms with van der Waals surface area (Å²) in [5.41, 5.74) is 1.67. The summed E-state index contributed by atoms with van der Waals surface area (Å²) in [6, 6.07) is 16.0. The van der Waals surface area contributed by atoms with Crippen LogP contribution in [-0.4, -0.2) is 17.5 Å². The Morgan fingerprint density at radius 2 is 2.03 bits per heavy atom. The molecule has 0 radical (unpaired) electrons. The van der Waals surface area contributed by atoms with E-state index in [0.29, 0.717) is 24.2 Å². The lowest BCUT2D eigenvalue weighted by Gasteiger charge is -2.11. The molecule has 0 aliphatic carbocycles. The number of nitriles is 1. The van der Waals surface area contributed by atoms with Crippen molar-refractivity contribution < 1.29 is 13.9 Å². The van der Waals surface area contributed by atoms with Crippen LogP contribution in [0.4, 0.5) is 4.39 Å². The van der Waals surface area contributed by atoms with Crippen LogP contribution in [0.1, 0.15) is 41.6 Å². The van der Waals surface area contributed by atoms with E-state index in [1.54, 1.807) is 42.6 Å². The number of pyridine rings is 1. The van der Waals surface area contributed by atoms with Crippen molar-refractivity contribution >= 4 is 16.8 Å².